The molecule has 2 rings (SSSR count). The van der Waals surface area contributed by atoms with Gasteiger partial charge in [0.25, 0.3) is 11.8 Å². The van der Waals surface area contributed by atoms with Crippen molar-refractivity contribution < 1.29 is 13.6 Å². The van der Waals surface area contributed by atoms with Crippen molar-refractivity contribution in [2.45, 2.75) is 5.92 Å². The second-order valence-corrected chi connectivity index (χ2v) is 4.88. The van der Waals surface area contributed by atoms with Gasteiger partial charge in [-0.3, -0.25) is 4.79 Å². The highest BCUT2D eigenvalue weighted by atomic mass is 32.1. The molecule has 0 unspecified atom stereocenters. The number of nitrogens with one attached hydrogen (secondary N) is 1. The van der Waals surface area contributed by atoms with Crippen molar-refractivity contribution in [3.8, 4) is 10.8 Å². The van der Waals surface area contributed by atoms with Gasteiger partial charge in [0, 0.05) is 12.4 Å². The van der Waals surface area contributed by atoms with E-state index in [4.69, 9.17) is 5.73 Å². The van der Waals surface area contributed by atoms with Crippen LogP contribution in [-0.2, 0) is 0 Å². The number of hydrogen-bond donors (Lipinski definition) is 2. The van der Waals surface area contributed by atoms with Gasteiger partial charge in [-0.25, -0.2) is 23.7 Å². The summed E-state index contributed by atoms with van der Waals surface area (Å²) in [4.78, 5) is 23.9. The Bertz CT molecular complexity index is 590. The van der Waals surface area contributed by atoms with Crippen molar-refractivity contribution in [2.24, 2.45) is 5.73 Å². The van der Waals surface area contributed by atoms with E-state index in [1.165, 1.54) is 6.20 Å². The SMILES string of the molecule is NCC(F)(F)CNC(=O)c1cnc(-c2ncccn2)s1. The first-order valence-corrected chi connectivity index (χ1v) is 6.43. The molecule has 1 amide bonds. The highest BCUT2D eigenvalue weighted by Gasteiger charge is 2.27. The van der Waals surface area contributed by atoms with Crippen LogP contribution in [0.2, 0.25) is 0 Å². The van der Waals surface area contributed by atoms with Crippen LogP contribution in [0, 0.1) is 0 Å². The van der Waals surface area contributed by atoms with Gasteiger partial charge in [-0.15, -0.1) is 11.3 Å². The number of aromatic nitrogens is 3. The molecule has 0 radical (unpaired) electrons. The summed E-state index contributed by atoms with van der Waals surface area (Å²) in [5.41, 5.74) is 4.88. The molecule has 0 saturated carbocycles. The van der Waals surface area contributed by atoms with Crippen molar-refractivity contribution in [2.75, 3.05) is 13.1 Å². The van der Waals surface area contributed by atoms with Crippen LogP contribution in [0.1, 0.15) is 9.67 Å². The van der Waals surface area contributed by atoms with Crippen molar-refractivity contribution in [3.63, 3.8) is 0 Å². The van der Waals surface area contributed by atoms with Crippen LogP contribution in [-0.4, -0.2) is 39.9 Å². The molecule has 0 saturated heterocycles. The number of halogens is 2. The maximum absolute atomic E-state index is 12.9. The molecule has 20 heavy (non-hydrogen) atoms. The Hall–Kier alpha value is -2.00. The Morgan fingerprint density at radius 3 is 2.70 bits per heavy atom. The predicted molar refractivity (Wildman–Crippen MR) is 69.5 cm³/mol. The van der Waals surface area contributed by atoms with E-state index < -0.39 is 24.9 Å². The third-order valence-electron chi connectivity index (χ3n) is 2.29. The smallest absolute Gasteiger partial charge is 0.277 e. The van der Waals surface area contributed by atoms with Crippen molar-refractivity contribution in [1.29, 1.82) is 0 Å². The summed E-state index contributed by atoms with van der Waals surface area (Å²) >= 11 is 1.03. The minimum atomic E-state index is -3.12. The Balaban J connectivity index is 2.04. The molecule has 2 heterocycles. The first kappa shape index (κ1) is 14.4. The number of amides is 1. The Kier molecular flexibility index (Phi) is 4.30. The third kappa shape index (κ3) is 3.52. The van der Waals surface area contributed by atoms with E-state index in [1.807, 2.05) is 0 Å². The fraction of sp³-hybridized carbons (Fsp3) is 0.273. The molecular formula is C11H11F2N5OS. The van der Waals surface area contributed by atoms with Crippen LogP contribution in [0.5, 0.6) is 0 Å². The highest BCUT2D eigenvalue weighted by molar-refractivity contribution is 7.16. The van der Waals surface area contributed by atoms with Crippen LogP contribution in [0.3, 0.4) is 0 Å². The number of rotatable bonds is 5. The second kappa shape index (κ2) is 5.97. The van der Waals surface area contributed by atoms with Crippen LogP contribution >= 0.6 is 11.3 Å². The number of nitrogens with zero attached hydrogens (tertiary/aromatic N) is 3. The van der Waals surface area contributed by atoms with Gasteiger partial charge in [0.05, 0.1) is 19.3 Å². The lowest BCUT2D eigenvalue weighted by Gasteiger charge is -2.13. The summed E-state index contributed by atoms with van der Waals surface area (Å²) in [6, 6.07) is 1.65. The van der Waals surface area contributed by atoms with Crippen LogP contribution in [0.15, 0.2) is 24.7 Å². The van der Waals surface area contributed by atoms with E-state index in [0.717, 1.165) is 11.3 Å². The summed E-state index contributed by atoms with van der Waals surface area (Å²) in [5, 5.41) is 2.56. The Morgan fingerprint density at radius 1 is 1.35 bits per heavy atom. The zero-order chi connectivity index (χ0) is 14.6. The van der Waals surface area contributed by atoms with E-state index in [0.29, 0.717) is 10.8 Å². The second-order valence-electron chi connectivity index (χ2n) is 3.84. The quantitative estimate of drug-likeness (QED) is 0.856. The van der Waals surface area contributed by atoms with Crippen LogP contribution in [0.25, 0.3) is 10.8 Å². The fourth-order valence-corrected chi connectivity index (χ4v) is 2.04. The number of carbonyl (C=O) groups is 1. The van der Waals surface area contributed by atoms with E-state index >= 15 is 0 Å². The Morgan fingerprint density at radius 2 is 2.05 bits per heavy atom. The molecule has 2 aromatic heterocycles. The molecule has 0 aliphatic rings. The molecule has 0 aromatic carbocycles. The van der Waals surface area contributed by atoms with Gasteiger partial charge in [0.1, 0.15) is 4.88 Å². The molecule has 0 bridgehead atoms. The van der Waals surface area contributed by atoms with Crippen LogP contribution < -0.4 is 11.1 Å². The summed E-state index contributed by atoms with van der Waals surface area (Å²) in [5.74, 6) is -3.37. The lowest BCUT2D eigenvalue weighted by atomic mass is 10.3. The topological polar surface area (TPSA) is 93.8 Å². The number of thiazole rings is 1. The monoisotopic (exact) mass is 299 g/mol. The molecule has 3 N–H and O–H groups in total. The van der Waals surface area contributed by atoms with Gasteiger partial charge in [-0.2, -0.15) is 0 Å². The molecule has 0 fully saturated rings. The highest BCUT2D eigenvalue weighted by Crippen LogP contribution is 2.21. The number of carbonyl (C=O) groups excluding carboxylic acids is 1. The van der Waals surface area contributed by atoms with Crippen LogP contribution in [0.4, 0.5) is 8.78 Å². The lowest BCUT2D eigenvalue weighted by Crippen LogP contribution is -2.41. The summed E-state index contributed by atoms with van der Waals surface area (Å²) in [7, 11) is 0. The van der Waals surface area contributed by atoms with E-state index in [2.05, 4.69) is 20.3 Å². The van der Waals surface area contributed by atoms with Crippen molar-refractivity contribution in [1.82, 2.24) is 20.3 Å². The van der Waals surface area contributed by atoms with Gasteiger partial charge in [-0.05, 0) is 6.07 Å². The molecule has 6 nitrogen and oxygen atoms in total. The van der Waals surface area contributed by atoms with Gasteiger partial charge >= 0.3 is 0 Å². The standard InChI is InChI=1S/C11H11F2N5OS/c12-11(13,5-14)6-18-9(19)7-4-17-10(20-7)8-15-2-1-3-16-8/h1-4H,5-6,14H2,(H,18,19). The minimum absolute atomic E-state index is 0.209. The van der Waals surface area contributed by atoms with Gasteiger partial charge in [0.2, 0.25) is 0 Å². The predicted octanol–water partition coefficient (Wildman–Crippen LogP) is 0.924. The average molecular weight is 299 g/mol. The molecule has 0 atom stereocenters. The summed E-state index contributed by atoms with van der Waals surface area (Å²) < 4.78 is 25.9. The van der Waals surface area contributed by atoms with E-state index in [-0.39, 0.29) is 4.88 Å². The minimum Gasteiger partial charge on any atom is -0.345 e. The zero-order valence-electron chi connectivity index (χ0n) is 10.2. The first-order chi connectivity index (χ1) is 9.52. The van der Waals surface area contributed by atoms with Gasteiger partial charge < -0.3 is 11.1 Å². The Labute approximate surface area is 117 Å². The average Bonchev–Trinajstić information content (AvgIpc) is 2.96. The largest absolute Gasteiger partial charge is 0.345 e. The molecule has 9 heteroatoms. The number of nitrogens with two attached hydrogens (primary N) is 1. The molecule has 0 aliphatic heterocycles. The fourth-order valence-electron chi connectivity index (χ4n) is 1.26. The maximum atomic E-state index is 12.9. The molecule has 2 aromatic rings. The number of alkyl halides is 2. The summed E-state index contributed by atoms with van der Waals surface area (Å²) in [6.45, 7) is -1.63. The van der Waals surface area contributed by atoms with Gasteiger partial charge in [0.15, 0.2) is 10.8 Å². The summed E-state index contributed by atoms with van der Waals surface area (Å²) in [6.07, 6.45) is 4.39. The molecular weight excluding hydrogens is 288 g/mol. The molecule has 106 valence electrons. The third-order valence-corrected chi connectivity index (χ3v) is 3.28. The first-order valence-electron chi connectivity index (χ1n) is 5.61. The van der Waals surface area contributed by atoms with Gasteiger partial charge in [-0.1, -0.05) is 0 Å². The molecule has 0 aliphatic carbocycles. The normalized spacial score (nSPS) is 11.3. The van der Waals surface area contributed by atoms with E-state index in [9.17, 15) is 13.6 Å². The lowest BCUT2D eigenvalue weighted by molar-refractivity contribution is 0.0119. The number of hydrogen-bond acceptors (Lipinski definition) is 6. The maximum Gasteiger partial charge on any atom is 0.277 e. The molecule has 0 spiro atoms. The zero-order valence-corrected chi connectivity index (χ0v) is 11.0. The van der Waals surface area contributed by atoms with Crippen molar-refractivity contribution in [3.05, 3.63) is 29.5 Å². The van der Waals surface area contributed by atoms with Crippen molar-refractivity contribution >= 4 is 17.2 Å². The van der Waals surface area contributed by atoms with E-state index in [1.54, 1.807) is 18.5 Å².